The lowest BCUT2D eigenvalue weighted by molar-refractivity contribution is -0.173. The van der Waals surface area contributed by atoms with Crippen LogP contribution in [0.25, 0.3) is 0 Å². The van der Waals surface area contributed by atoms with E-state index in [4.69, 9.17) is 9.29 Å². The van der Waals surface area contributed by atoms with Crippen molar-refractivity contribution in [2.75, 3.05) is 0 Å². The highest BCUT2D eigenvalue weighted by Gasteiger charge is 2.39. The molecule has 7 nitrogen and oxygen atoms in total. The van der Waals surface area contributed by atoms with Gasteiger partial charge in [0.1, 0.15) is 0 Å². The van der Waals surface area contributed by atoms with E-state index in [9.17, 15) is 23.4 Å². The highest BCUT2D eigenvalue weighted by molar-refractivity contribution is 7.85. The Morgan fingerprint density at radius 3 is 1.76 bits per heavy atom. The Balaban J connectivity index is 0.000000352. The molecule has 8 heteroatoms. The van der Waals surface area contributed by atoms with E-state index in [0.29, 0.717) is 5.56 Å². The Morgan fingerprint density at radius 1 is 0.931 bits per heavy atom. The van der Waals surface area contributed by atoms with E-state index in [2.05, 4.69) is 0 Å². The summed E-state index contributed by atoms with van der Waals surface area (Å²) < 4.78 is 34.3. The number of esters is 1. The molecule has 2 atom stereocenters. The maximum absolute atomic E-state index is 11.8. The van der Waals surface area contributed by atoms with E-state index < -0.39 is 33.9 Å². The number of benzene rings is 2. The summed E-state index contributed by atoms with van der Waals surface area (Å²) in [4.78, 5) is 11.8. The van der Waals surface area contributed by atoms with Gasteiger partial charge in [-0.15, -0.1) is 0 Å². The van der Waals surface area contributed by atoms with Crippen molar-refractivity contribution in [3.8, 4) is 0 Å². The van der Waals surface area contributed by atoms with Gasteiger partial charge in [0.05, 0.1) is 22.0 Å². The van der Waals surface area contributed by atoms with E-state index in [-0.39, 0.29) is 10.8 Å². The van der Waals surface area contributed by atoms with Crippen LogP contribution in [0.2, 0.25) is 0 Å². The Hall–Kier alpha value is -2.26. The highest BCUT2D eigenvalue weighted by Crippen LogP contribution is 2.31. The zero-order chi connectivity index (χ0) is 22.2. The molecule has 0 aliphatic heterocycles. The predicted octanol–water partition coefficient (Wildman–Crippen LogP) is 3.14. The van der Waals surface area contributed by atoms with Crippen molar-refractivity contribution in [2.24, 2.45) is 11.3 Å². The van der Waals surface area contributed by atoms with Crippen LogP contribution in [-0.2, 0) is 14.9 Å². The van der Waals surface area contributed by atoms with Crippen molar-refractivity contribution in [3.05, 3.63) is 66.2 Å². The molecule has 29 heavy (non-hydrogen) atoms. The number of hydrogen-bond acceptors (Lipinski definition) is 6. The Labute approximate surface area is 171 Å². The van der Waals surface area contributed by atoms with Crippen molar-refractivity contribution in [2.45, 2.75) is 45.0 Å². The van der Waals surface area contributed by atoms with Crippen molar-refractivity contribution in [1.82, 2.24) is 0 Å². The summed E-state index contributed by atoms with van der Waals surface area (Å²) in [6.07, 6.45) is -2.14. The summed E-state index contributed by atoms with van der Waals surface area (Å²) in [5.74, 6) is -0.641. The average molecular weight is 425 g/mol. The molecule has 0 heterocycles. The zero-order valence-corrected chi connectivity index (χ0v) is 17.7. The smallest absolute Gasteiger partial charge is 0.340 e. The van der Waals surface area contributed by atoms with Crippen LogP contribution >= 0.6 is 0 Å². The Bertz CT molecular complexity index is 862. The van der Waals surface area contributed by atoms with Gasteiger partial charge in [-0.2, -0.15) is 8.42 Å². The van der Waals surface area contributed by atoms with Crippen molar-refractivity contribution in [3.63, 3.8) is 0 Å². The normalized spacial score (nSPS) is 13.8. The first-order valence-electron chi connectivity index (χ1n) is 9.02. The number of ether oxygens (including phenoxy) is 1. The lowest BCUT2D eigenvalue weighted by atomic mass is 9.80. The van der Waals surface area contributed by atoms with Gasteiger partial charge in [0.25, 0.3) is 10.1 Å². The third-order valence-electron chi connectivity index (χ3n) is 4.30. The monoisotopic (exact) mass is 424 g/mol. The van der Waals surface area contributed by atoms with Crippen LogP contribution < -0.4 is 0 Å². The molecule has 0 saturated carbocycles. The fourth-order valence-corrected chi connectivity index (χ4v) is 2.99. The van der Waals surface area contributed by atoms with E-state index in [1.807, 2.05) is 13.8 Å². The number of carbonyl (C=O) groups excluding carboxylic acids is 1. The lowest BCUT2D eigenvalue weighted by Crippen LogP contribution is -2.45. The summed E-state index contributed by atoms with van der Waals surface area (Å²) in [5.41, 5.74) is -0.560. The van der Waals surface area contributed by atoms with Crippen molar-refractivity contribution >= 4 is 16.1 Å². The van der Waals surface area contributed by atoms with Crippen molar-refractivity contribution in [1.29, 1.82) is 0 Å². The molecule has 2 aromatic rings. The van der Waals surface area contributed by atoms with E-state index in [1.165, 1.54) is 12.1 Å². The maximum Gasteiger partial charge on any atom is 0.340 e. The summed E-state index contributed by atoms with van der Waals surface area (Å²) >= 11 is 0. The minimum Gasteiger partial charge on any atom is -0.432 e. The average Bonchev–Trinajstić information content (AvgIpc) is 2.68. The number of aliphatic hydroxyl groups excluding tert-OH is 2. The Kier molecular flexibility index (Phi) is 8.97. The molecule has 0 amide bonds. The SMILES string of the molecule is CC(C)C(O)C(C)(C)C(O)OC(=O)c1ccccc1.O=S(=O)(O)c1ccccc1. The second kappa shape index (κ2) is 10.5. The molecule has 0 spiro atoms. The van der Waals surface area contributed by atoms with E-state index in [1.54, 1.807) is 62.4 Å². The number of hydrogen-bond donors (Lipinski definition) is 3. The highest BCUT2D eigenvalue weighted by atomic mass is 32.2. The maximum atomic E-state index is 11.8. The molecule has 0 aliphatic rings. The summed E-state index contributed by atoms with van der Waals surface area (Å²) in [5, 5.41) is 20.1. The van der Waals surface area contributed by atoms with Gasteiger partial charge in [-0.05, 0) is 30.2 Å². The van der Waals surface area contributed by atoms with Gasteiger partial charge >= 0.3 is 5.97 Å². The van der Waals surface area contributed by atoms with Gasteiger partial charge in [0, 0.05) is 0 Å². The van der Waals surface area contributed by atoms with Gasteiger partial charge in [-0.1, -0.05) is 64.1 Å². The summed E-state index contributed by atoms with van der Waals surface area (Å²) in [6, 6.07) is 15.9. The van der Waals surface area contributed by atoms with Crippen LogP contribution in [0.3, 0.4) is 0 Å². The van der Waals surface area contributed by atoms with Crippen LogP contribution in [0, 0.1) is 11.3 Å². The molecular weight excluding hydrogens is 396 g/mol. The molecule has 0 aromatic heterocycles. The van der Waals surface area contributed by atoms with Crippen LogP contribution in [0.1, 0.15) is 38.1 Å². The van der Waals surface area contributed by atoms with Gasteiger partial charge < -0.3 is 14.9 Å². The number of rotatable bonds is 6. The van der Waals surface area contributed by atoms with Crippen LogP contribution in [-0.4, -0.2) is 41.5 Å². The first-order valence-corrected chi connectivity index (χ1v) is 10.5. The predicted molar refractivity (Wildman–Crippen MR) is 109 cm³/mol. The molecule has 160 valence electrons. The molecule has 0 saturated heterocycles. The quantitative estimate of drug-likeness (QED) is 0.370. The van der Waals surface area contributed by atoms with Crippen LogP contribution in [0.5, 0.6) is 0 Å². The molecule has 2 unspecified atom stereocenters. The summed E-state index contributed by atoms with van der Waals surface area (Å²) in [7, 11) is -4.00. The van der Waals surface area contributed by atoms with E-state index in [0.717, 1.165) is 0 Å². The van der Waals surface area contributed by atoms with Gasteiger partial charge in [0.2, 0.25) is 6.29 Å². The minimum atomic E-state index is -4.00. The van der Waals surface area contributed by atoms with Gasteiger partial charge in [-0.3, -0.25) is 4.55 Å². The summed E-state index contributed by atoms with van der Waals surface area (Å²) in [6.45, 7) is 7.03. The fraction of sp³-hybridized carbons (Fsp3) is 0.381. The molecule has 0 aliphatic carbocycles. The fourth-order valence-electron chi connectivity index (χ4n) is 2.49. The third kappa shape index (κ3) is 7.58. The first-order chi connectivity index (χ1) is 13.4. The van der Waals surface area contributed by atoms with E-state index >= 15 is 0 Å². The Morgan fingerprint density at radius 2 is 1.38 bits per heavy atom. The molecule has 2 rings (SSSR count). The molecule has 0 fully saturated rings. The van der Waals surface area contributed by atoms with Gasteiger partial charge in [-0.25, -0.2) is 4.79 Å². The second-order valence-corrected chi connectivity index (χ2v) is 8.84. The molecule has 0 bridgehead atoms. The number of carbonyl (C=O) groups is 1. The lowest BCUT2D eigenvalue weighted by Gasteiger charge is -2.36. The van der Waals surface area contributed by atoms with Crippen LogP contribution in [0.15, 0.2) is 65.6 Å². The second-order valence-electron chi connectivity index (χ2n) is 7.42. The topological polar surface area (TPSA) is 121 Å². The largest absolute Gasteiger partial charge is 0.432 e. The zero-order valence-electron chi connectivity index (χ0n) is 16.9. The first kappa shape index (κ1) is 24.8. The third-order valence-corrected chi connectivity index (χ3v) is 5.17. The molecule has 0 radical (unpaired) electrons. The molecular formula is C21H28O7S. The molecule has 3 N–H and O–H groups in total. The number of aliphatic hydroxyl groups is 2. The van der Waals surface area contributed by atoms with Crippen molar-refractivity contribution < 1.29 is 32.7 Å². The van der Waals surface area contributed by atoms with Crippen LogP contribution in [0.4, 0.5) is 0 Å². The molecule has 2 aromatic carbocycles. The van der Waals surface area contributed by atoms with Gasteiger partial charge in [0.15, 0.2) is 0 Å². The minimum absolute atomic E-state index is 0.0416. The standard InChI is InChI=1S/C15H22O4.C6H6O3S/c1-10(2)12(16)15(3,4)14(18)19-13(17)11-8-6-5-7-9-11;7-10(8,9)6-4-2-1-3-5-6/h5-10,12,14,16,18H,1-4H3;1-5H,(H,7,8,9).